The summed E-state index contributed by atoms with van der Waals surface area (Å²) in [4.78, 5) is 22.7. The van der Waals surface area contributed by atoms with Crippen molar-refractivity contribution in [3.8, 4) is 5.75 Å². The Bertz CT molecular complexity index is 571. The third kappa shape index (κ3) is 8.06. The first-order valence-corrected chi connectivity index (χ1v) is 7.62. The van der Waals surface area contributed by atoms with Crippen molar-refractivity contribution in [2.45, 2.75) is 12.5 Å². The Morgan fingerprint density at radius 2 is 1.91 bits per heavy atom. The number of carbonyl (C=O) groups excluding carboxylic acids is 1. The van der Waals surface area contributed by atoms with Gasteiger partial charge in [0.15, 0.2) is 12.7 Å². The molecule has 1 N–H and O–H groups in total. The van der Waals surface area contributed by atoms with E-state index in [1.807, 2.05) is 21.1 Å². The van der Waals surface area contributed by atoms with Crippen LogP contribution in [0.25, 0.3) is 0 Å². The zero-order chi connectivity index (χ0) is 17.6. The molecule has 1 aromatic carbocycles. The first-order chi connectivity index (χ1) is 10.6. The van der Waals surface area contributed by atoms with Crippen LogP contribution >= 0.6 is 23.2 Å². The number of rotatable bonds is 8. The second-order valence-electron chi connectivity index (χ2n) is 6.05. The number of aliphatic carboxylic acids is 1. The monoisotopic (exact) mass is 364 g/mol. The number of carboxylic acid groups (broad SMARTS) is 1. The number of ether oxygens (including phenoxy) is 2. The van der Waals surface area contributed by atoms with Gasteiger partial charge in [0.2, 0.25) is 0 Å². The summed E-state index contributed by atoms with van der Waals surface area (Å²) in [5.74, 6) is -1.39. The van der Waals surface area contributed by atoms with Gasteiger partial charge < -0.3 is 19.1 Å². The zero-order valence-corrected chi connectivity index (χ0v) is 14.7. The van der Waals surface area contributed by atoms with E-state index < -0.39 is 18.0 Å². The molecule has 0 aliphatic carbocycles. The minimum absolute atomic E-state index is 0.261. The Balaban J connectivity index is 2.59. The summed E-state index contributed by atoms with van der Waals surface area (Å²) in [5.41, 5.74) is 0. The highest BCUT2D eigenvalue weighted by atomic mass is 35.5. The highest BCUT2D eigenvalue weighted by Gasteiger charge is 2.25. The molecule has 0 bridgehead atoms. The Morgan fingerprint density at radius 3 is 2.43 bits per heavy atom. The minimum Gasteiger partial charge on any atom is -0.481 e. The van der Waals surface area contributed by atoms with Gasteiger partial charge in [0, 0.05) is 5.02 Å². The maximum atomic E-state index is 11.9. The molecule has 128 valence electrons. The van der Waals surface area contributed by atoms with E-state index >= 15 is 0 Å². The van der Waals surface area contributed by atoms with E-state index in [-0.39, 0.29) is 18.1 Å². The summed E-state index contributed by atoms with van der Waals surface area (Å²) >= 11 is 11.7. The second kappa shape index (κ2) is 8.38. The van der Waals surface area contributed by atoms with E-state index in [0.717, 1.165) is 0 Å². The third-order valence-corrected chi connectivity index (χ3v) is 3.22. The molecule has 0 fully saturated rings. The fourth-order valence-electron chi connectivity index (χ4n) is 1.90. The molecule has 8 heteroatoms. The molecule has 0 radical (unpaired) electrons. The number of hydrogen-bond acceptors (Lipinski definition) is 4. The van der Waals surface area contributed by atoms with Crippen molar-refractivity contribution in [3.05, 3.63) is 28.2 Å². The summed E-state index contributed by atoms with van der Waals surface area (Å²) in [5, 5.41) is 9.63. The molecule has 0 aromatic heterocycles. The van der Waals surface area contributed by atoms with Gasteiger partial charge in [-0.2, -0.15) is 0 Å². The van der Waals surface area contributed by atoms with Crippen LogP contribution in [0.2, 0.25) is 10.0 Å². The maximum absolute atomic E-state index is 11.9. The van der Waals surface area contributed by atoms with E-state index in [2.05, 4.69) is 0 Å². The Hall–Kier alpha value is -1.50. The van der Waals surface area contributed by atoms with Gasteiger partial charge in [-0.05, 0) is 18.2 Å². The maximum Gasteiger partial charge on any atom is 0.344 e. The number of esters is 1. The molecule has 0 aliphatic heterocycles. The molecule has 0 aliphatic rings. The average Bonchev–Trinajstić information content (AvgIpc) is 2.34. The lowest BCUT2D eigenvalue weighted by atomic mass is 10.2. The summed E-state index contributed by atoms with van der Waals surface area (Å²) < 4.78 is 10.9. The number of benzene rings is 1. The molecule has 1 atom stereocenters. The molecule has 0 spiro atoms. The van der Waals surface area contributed by atoms with Crippen LogP contribution in [0.5, 0.6) is 5.75 Å². The predicted octanol–water partition coefficient (Wildman–Crippen LogP) is 2.46. The van der Waals surface area contributed by atoms with Gasteiger partial charge in [0.1, 0.15) is 12.3 Å². The van der Waals surface area contributed by atoms with Crippen LogP contribution in [0.15, 0.2) is 18.2 Å². The van der Waals surface area contributed by atoms with Crippen LogP contribution < -0.4 is 4.74 Å². The molecular formula is C15H20Cl2NO5+. The predicted molar refractivity (Wildman–Crippen MR) is 87.0 cm³/mol. The van der Waals surface area contributed by atoms with Crippen LogP contribution in [0.4, 0.5) is 0 Å². The summed E-state index contributed by atoms with van der Waals surface area (Å²) in [7, 11) is 5.64. The van der Waals surface area contributed by atoms with E-state index in [0.29, 0.717) is 21.8 Å². The van der Waals surface area contributed by atoms with Crippen molar-refractivity contribution in [2.75, 3.05) is 34.3 Å². The van der Waals surface area contributed by atoms with E-state index in [1.165, 1.54) is 6.07 Å². The molecule has 1 unspecified atom stereocenters. The Labute approximate surface area is 145 Å². The molecule has 0 amide bonds. The highest BCUT2D eigenvalue weighted by Crippen LogP contribution is 2.27. The van der Waals surface area contributed by atoms with Gasteiger partial charge in [-0.1, -0.05) is 23.2 Å². The van der Waals surface area contributed by atoms with Gasteiger partial charge in [-0.3, -0.25) is 4.79 Å². The van der Waals surface area contributed by atoms with Crippen molar-refractivity contribution >= 4 is 35.1 Å². The van der Waals surface area contributed by atoms with Crippen LogP contribution in [0.1, 0.15) is 6.42 Å². The number of quaternary nitrogens is 1. The van der Waals surface area contributed by atoms with Crippen molar-refractivity contribution in [3.63, 3.8) is 0 Å². The summed E-state index contributed by atoms with van der Waals surface area (Å²) in [6.45, 7) is 0.00829. The van der Waals surface area contributed by atoms with Crippen molar-refractivity contribution in [2.24, 2.45) is 0 Å². The average molecular weight is 365 g/mol. The minimum atomic E-state index is -1.03. The molecule has 1 rings (SSSR count). The first-order valence-electron chi connectivity index (χ1n) is 6.86. The van der Waals surface area contributed by atoms with Crippen LogP contribution in [0, 0.1) is 0 Å². The number of carboxylic acids is 1. The molecule has 1 aromatic rings. The first kappa shape index (κ1) is 19.5. The molecule has 23 heavy (non-hydrogen) atoms. The lowest BCUT2D eigenvalue weighted by Crippen LogP contribution is -2.44. The lowest BCUT2D eigenvalue weighted by Gasteiger charge is -2.28. The molecule has 6 nitrogen and oxygen atoms in total. The van der Waals surface area contributed by atoms with Gasteiger partial charge in [-0.15, -0.1) is 0 Å². The summed E-state index contributed by atoms with van der Waals surface area (Å²) in [6.07, 6.45) is -0.993. The van der Waals surface area contributed by atoms with Crippen molar-refractivity contribution in [1.82, 2.24) is 0 Å². The van der Waals surface area contributed by atoms with Crippen molar-refractivity contribution < 1.29 is 28.7 Å². The smallest absolute Gasteiger partial charge is 0.344 e. The Morgan fingerprint density at radius 1 is 1.26 bits per heavy atom. The standard InChI is InChI=1S/C15H19Cl2NO5/c1-18(2,3)8-11(7-14(19)20)23-15(21)9-22-13-5-4-10(16)6-12(13)17/h4-6,11H,7-9H2,1-3H3/p+1. The topological polar surface area (TPSA) is 72.8 Å². The van der Waals surface area contributed by atoms with Crippen LogP contribution in [-0.2, 0) is 14.3 Å². The second-order valence-corrected chi connectivity index (χ2v) is 6.89. The highest BCUT2D eigenvalue weighted by molar-refractivity contribution is 6.35. The van der Waals surface area contributed by atoms with Gasteiger partial charge in [0.25, 0.3) is 0 Å². The van der Waals surface area contributed by atoms with Gasteiger partial charge >= 0.3 is 11.9 Å². The summed E-state index contributed by atoms with van der Waals surface area (Å²) in [6, 6.07) is 4.62. The fourth-order valence-corrected chi connectivity index (χ4v) is 2.36. The van der Waals surface area contributed by atoms with E-state index in [4.69, 9.17) is 37.8 Å². The number of hydrogen-bond donors (Lipinski definition) is 1. The molecular weight excluding hydrogens is 345 g/mol. The van der Waals surface area contributed by atoms with Gasteiger partial charge in [-0.25, -0.2) is 4.79 Å². The van der Waals surface area contributed by atoms with E-state index in [9.17, 15) is 9.59 Å². The van der Waals surface area contributed by atoms with Gasteiger partial charge in [0.05, 0.1) is 32.6 Å². The third-order valence-electron chi connectivity index (χ3n) is 2.69. The van der Waals surface area contributed by atoms with E-state index in [1.54, 1.807) is 12.1 Å². The normalized spacial score (nSPS) is 12.6. The number of likely N-dealkylation sites (N-methyl/N-ethyl adjacent to an activating group) is 1. The van der Waals surface area contributed by atoms with Crippen LogP contribution in [0.3, 0.4) is 0 Å². The van der Waals surface area contributed by atoms with Crippen LogP contribution in [-0.4, -0.2) is 61.9 Å². The quantitative estimate of drug-likeness (QED) is 0.566. The Kier molecular flexibility index (Phi) is 7.12. The lowest BCUT2D eigenvalue weighted by molar-refractivity contribution is -0.873. The van der Waals surface area contributed by atoms with Crippen molar-refractivity contribution in [1.29, 1.82) is 0 Å². The number of carbonyl (C=O) groups is 2. The number of nitrogens with zero attached hydrogens (tertiary/aromatic N) is 1. The number of halogens is 2. The zero-order valence-electron chi connectivity index (χ0n) is 13.2. The molecule has 0 heterocycles. The SMILES string of the molecule is C[N+](C)(C)CC(CC(=O)O)OC(=O)COc1ccc(Cl)cc1Cl. The molecule has 0 saturated heterocycles. The largest absolute Gasteiger partial charge is 0.481 e. The molecule has 0 saturated carbocycles. The fraction of sp³-hybridized carbons (Fsp3) is 0.467.